The van der Waals surface area contributed by atoms with Gasteiger partial charge in [-0.25, -0.2) is 4.98 Å². The highest BCUT2D eigenvalue weighted by atomic mass is 16.5. The lowest BCUT2D eigenvalue weighted by Crippen LogP contribution is -2.32. The number of methoxy groups -OCH3 is 1. The monoisotopic (exact) mass is 288 g/mol. The first-order chi connectivity index (χ1) is 10.2. The molecule has 0 aromatic carbocycles. The zero-order valence-corrected chi connectivity index (χ0v) is 12.1. The molecule has 0 aliphatic carbocycles. The number of nitrogens with zero attached hydrogens (tertiary/aromatic N) is 3. The quantitative estimate of drug-likeness (QED) is 0.835. The molecule has 1 saturated heterocycles. The summed E-state index contributed by atoms with van der Waals surface area (Å²) in [6.07, 6.45) is 2.23. The number of nitrogens with two attached hydrogens (primary N) is 1. The number of aromatic nitrogens is 2. The number of likely N-dealkylation sites (tertiary alicyclic amines) is 1. The van der Waals surface area contributed by atoms with Crippen molar-refractivity contribution in [3.05, 3.63) is 30.0 Å². The summed E-state index contributed by atoms with van der Waals surface area (Å²) in [5.41, 5.74) is 8.71. The minimum Gasteiger partial charge on any atom is -0.481 e. The largest absolute Gasteiger partial charge is 0.481 e. The van der Waals surface area contributed by atoms with Gasteiger partial charge >= 0.3 is 0 Å². The molecular weight excluding hydrogens is 268 g/mol. The topological polar surface area (TPSA) is 84.5 Å². The first-order valence-electron chi connectivity index (χ1n) is 7.12. The fraction of sp³-hybridized carbons (Fsp3) is 0.467. The number of hydrogen-bond acceptors (Lipinski definition) is 6. The number of hydrogen-bond donors (Lipinski definition) is 2. The van der Waals surface area contributed by atoms with Crippen molar-refractivity contribution in [2.75, 3.05) is 26.7 Å². The van der Waals surface area contributed by atoms with Crippen LogP contribution in [0.4, 0.5) is 0 Å². The van der Waals surface area contributed by atoms with E-state index in [2.05, 4.69) is 14.9 Å². The van der Waals surface area contributed by atoms with E-state index in [1.807, 2.05) is 18.2 Å². The highest BCUT2D eigenvalue weighted by Crippen LogP contribution is 2.19. The Hall–Kier alpha value is -1.76. The normalized spacial score (nSPS) is 22.8. The molecule has 3 rings (SSSR count). The minimum atomic E-state index is -0.419. The van der Waals surface area contributed by atoms with E-state index < -0.39 is 6.10 Å². The van der Waals surface area contributed by atoms with Crippen LogP contribution >= 0.6 is 0 Å². The summed E-state index contributed by atoms with van der Waals surface area (Å²) in [6.45, 7) is 2.23. The number of aliphatic hydroxyl groups excluding tert-OH is 1. The van der Waals surface area contributed by atoms with Gasteiger partial charge in [0.2, 0.25) is 5.88 Å². The average molecular weight is 288 g/mol. The molecule has 0 bridgehead atoms. The van der Waals surface area contributed by atoms with Crippen LogP contribution in [0.1, 0.15) is 5.56 Å². The van der Waals surface area contributed by atoms with Crippen LogP contribution in [-0.4, -0.2) is 58.9 Å². The second kappa shape index (κ2) is 5.93. The van der Waals surface area contributed by atoms with Crippen molar-refractivity contribution >= 4 is 11.0 Å². The lowest BCUT2D eigenvalue weighted by Gasteiger charge is -2.15. The van der Waals surface area contributed by atoms with Gasteiger partial charge in [-0.1, -0.05) is 0 Å². The molecule has 0 amide bonds. The van der Waals surface area contributed by atoms with Crippen LogP contribution in [0.2, 0.25) is 0 Å². The molecule has 2 unspecified atom stereocenters. The molecule has 3 N–H and O–H groups in total. The average Bonchev–Trinajstić information content (AvgIpc) is 2.83. The Morgan fingerprint density at radius 2 is 2.24 bits per heavy atom. The fourth-order valence-electron chi connectivity index (χ4n) is 2.73. The van der Waals surface area contributed by atoms with Gasteiger partial charge in [-0.2, -0.15) is 0 Å². The van der Waals surface area contributed by atoms with Crippen LogP contribution in [0, 0.1) is 0 Å². The Bertz CT molecular complexity index is 624. The van der Waals surface area contributed by atoms with Crippen molar-refractivity contribution in [3.63, 3.8) is 0 Å². The number of pyridine rings is 2. The first kappa shape index (κ1) is 14.2. The number of ether oxygens (including phenoxy) is 1. The molecule has 2 aromatic heterocycles. The molecule has 112 valence electrons. The predicted molar refractivity (Wildman–Crippen MR) is 80.2 cm³/mol. The molecule has 2 atom stereocenters. The maximum absolute atomic E-state index is 9.70. The first-order valence-corrected chi connectivity index (χ1v) is 7.12. The standard InChI is InChI=1S/C15H20N4O2/c1-21-14-3-2-12-15(18-14)10(4-6-17-12)5-7-19-8-11(16)13(20)9-19/h2-4,6,11,13,20H,5,7-9,16H2,1H3. The van der Waals surface area contributed by atoms with Crippen LogP contribution in [-0.2, 0) is 6.42 Å². The van der Waals surface area contributed by atoms with Gasteiger partial charge in [0, 0.05) is 37.9 Å². The van der Waals surface area contributed by atoms with Gasteiger partial charge in [-0.05, 0) is 24.1 Å². The third-order valence-corrected chi connectivity index (χ3v) is 3.96. The molecule has 3 heterocycles. The number of rotatable bonds is 4. The summed E-state index contributed by atoms with van der Waals surface area (Å²) >= 11 is 0. The van der Waals surface area contributed by atoms with Crippen LogP contribution in [0.25, 0.3) is 11.0 Å². The van der Waals surface area contributed by atoms with Crippen molar-refractivity contribution in [2.45, 2.75) is 18.6 Å². The molecule has 6 nitrogen and oxygen atoms in total. The summed E-state index contributed by atoms with van der Waals surface area (Å²) < 4.78 is 5.18. The molecule has 2 aromatic rings. The van der Waals surface area contributed by atoms with Gasteiger partial charge in [0.25, 0.3) is 0 Å². The Morgan fingerprint density at radius 3 is 2.95 bits per heavy atom. The molecule has 0 saturated carbocycles. The predicted octanol–water partition coefficient (Wildman–Crippen LogP) is 0.185. The maximum Gasteiger partial charge on any atom is 0.213 e. The molecule has 1 fully saturated rings. The maximum atomic E-state index is 9.70. The molecular formula is C15H20N4O2. The highest BCUT2D eigenvalue weighted by molar-refractivity contribution is 5.78. The summed E-state index contributed by atoms with van der Waals surface area (Å²) in [4.78, 5) is 11.0. The summed E-state index contributed by atoms with van der Waals surface area (Å²) in [5.74, 6) is 0.593. The van der Waals surface area contributed by atoms with E-state index in [0.717, 1.165) is 36.1 Å². The minimum absolute atomic E-state index is 0.141. The van der Waals surface area contributed by atoms with Crippen molar-refractivity contribution < 1.29 is 9.84 Å². The Kier molecular flexibility index (Phi) is 4.01. The van der Waals surface area contributed by atoms with E-state index in [0.29, 0.717) is 12.4 Å². The third-order valence-electron chi connectivity index (χ3n) is 3.96. The number of β-amino-alcohol motifs (C(OH)–C–C–N with tert-alkyl or cyclic N) is 1. The van der Waals surface area contributed by atoms with Crippen LogP contribution < -0.4 is 10.5 Å². The highest BCUT2D eigenvalue weighted by Gasteiger charge is 2.27. The van der Waals surface area contributed by atoms with Crippen molar-refractivity contribution in [1.29, 1.82) is 0 Å². The Morgan fingerprint density at radius 1 is 1.38 bits per heavy atom. The van der Waals surface area contributed by atoms with Crippen molar-refractivity contribution in [2.24, 2.45) is 5.73 Å². The van der Waals surface area contributed by atoms with Gasteiger partial charge in [0.15, 0.2) is 0 Å². The lowest BCUT2D eigenvalue weighted by atomic mass is 10.1. The van der Waals surface area contributed by atoms with Gasteiger partial charge in [0.1, 0.15) is 0 Å². The van der Waals surface area contributed by atoms with Gasteiger partial charge in [0.05, 0.1) is 24.2 Å². The summed E-state index contributed by atoms with van der Waals surface area (Å²) in [5, 5.41) is 9.70. The van der Waals surface area contributed by atoms with Gasteiger partial charge in [-0.3, -0.25) is 9.88 Å². The summed E-state index contributed by atoms with van der Waals surface area (Å²) in [6, 6.07) is 5.58. The molecule has 0 radical (unpaired) electrons. The van der Waals surface area contributed by atoms with E-state index in [4.69, 9.17) is 10.5 Å². The van der Waals surface area contributed by atoms with E-state index in [9.17, 15) is 5.11 Å². The van der Waals surface area contributed by atoms with E-state index in [1.165, 1.54) is 0 Å². The molecule has 1 aliphatic rings. The lowest BCUT2D eigenvalue weighted by molar-refractivity contribution is 0.165. The zero-order valence-electron chi connectivity index (χ0n) is 12.1. The molecule has 6 heteroatoms. The molecule has 0 spiro atoms. The second-order valence-corrected chi connectivity index (χ2v) is 5.43. The molecule has 21 heavy (non-hydrogen) atoms. The van der Waals surface area contributed by atoms with Crippen molar-refractivity contribution in [1.82, 2.24) is 14.9 Å². The van der Waals surface area contributed by atoms with E-state index in [-0.39, 0.29) is 6.04 Å². The smallest absolute Gasteiger partial charge is 0.213 e. The summed E-state index contributed by atoms with van der Waals surface area (Å²) in [7, 11) is 1.61. The second-order valence-electron chi connectivity index (χ2n) is 5.43. The Balaban J connectivity index is 1.77. The van der Waals surface area contributed by atoms with Gasteiger partial charge < -0.3 is 15.6 Å². The van der Waals surface area contributed by atoms with Crippen LogP contribution in [0.15, 0.2) is 24.4 Å². The Labute approximate surface area is 123 Å². The number of aliphatic hydroxyl groups is 1. The SMILES string of the molecule is COc1ccc2nccc(CCN3CC(N)C(O)C3)c2n1. The van der Waals surface area contributed by atoms with Crippen molar-refractivity contribution in [3.8, 4) is 5.88 Å². The number of fused-ring (bicyclic) bond motifs is 1. The zero-order chi connectivity index (χ0) is 14.8. The van der Waals surface area contributed by atoms with Gasteiger partial charge in [-0.15, -0.1) is 0 Å². The van der Waals surface area contributed by atoms with Crippen LogP contribution in [0.5, 0.6) is 5.88 Å². The third kappa shape index (κ3) is 2.97. The van der Waals surface area contributed by atoms with E-state index >= 15 is 0 Å². The van der Waals surface area contributed by atoms with Crippen LogP contribution in [0.3, 0.4) is 0 Å². The van der Waals surface area contributed by atoms with E-state index in [1.54, 1.807) is 13.3 Å². The molecule has 1 aliphatic heterocycles. The fourth-order valence-corrected chi connectivity index (χ4v) is 2.73.